The Labute approximate surface area is 189 Å². The summed E-state index contributed by atoms with van der Waals surface area (Å²) in [5.41, 5.74) is 4.13. The van der Waals surface area contributed by atoms with E-state index < -0.39 is 17.6 Å². The molecule has 1 aliphatic carbocycles. The highest BCUT2D eigenvalue weighted by Crippen LogP contribution is 2.40. The van der Waals surface area contributed by atoms with Crippen LogP contribution in [0.2, 0.25) is 0 Å². The van der Waals surface area contributed by atoms with E-state index in [9.17, 15) is 18.0 Å². The van der Waals surface area contributed by atoms with Gasteiger partial charge in [-0.3, -0.25) is 4.79 Å². The van der Waals surface area contributed by atoms with Crippen LogP contribution in [0.3, 0.4) is 0 Å². The summed E-state index contributed by atoms with van der Waals surface area (Å²) < 4.78 is 38.4. The largest absolute Gasteiger partial charge is 0.416 e. The van der Waals surface area contributed by atoms with E-state index in [1.54, 1.807) is 13.0 Å². The van der Waals surface area contributed by atoms with Crippen molar-refractivity contribution in [3.05, 3.63) is 88.6 Å². The molecule has 1 aliphatic rings. The predicted octanol–water partition coefficient (Wildman–Crippen LogP) is 8.18. The fourth-order valence-corrected chi connectivity index (χ4v) is 3.84. The molecule has 0 aromatic heterocycles. The normalized spacial score (nSPS) is 18.0. The summed E-state index contributed by atoms with van der Waals surface area (Å²) in [6.45, 7) is 10.6. The van der Waals surface area contributed by atoms with Crippen molar-refractivity contribution in [3.63, 3.8) is 0 Å². The zero-order valence-electron chi connectivity index (χ0n) is 19.4. The van der Waals surface area contributed by atoms with Crippen LogP contribution >= 0.6 is 0 Å². The first-order chi connectivity index (χ1) is 14.9. The first-order valence-corrected chi connectivity index (χ1v) is 10.8. The molecule has 1 aromatic carbocycles. The van der Waals surface area contributed by atoms with Crippen LogP contribution in [0, 0.1) is 5.41 Å². The lowest BCUT2D eigenvalue weighted by Crippen LogP contribution is -2.19. The number of carbonyl (C=O) groups excluding carboxylic acids is 1. The van der Waals surface area contributed by atoms with Gasteiger partial charge in [0.1, 0.15) is 0 Å². The van der Waals surface area contributed by atoms with Crippen LogP contribution < -0.4 is 5.32 Å². The summed E-state index contributed by atoms with van der Waals surface area (Å²) in [6, 6.07) is 4.58. The van der Waals surface area contributed by atoms with E-state index in [0.717, 1.165) is 24.1 Å². The van der Waals surface area contributed by atoms with Gasteiger partial charge in [-0.15, -0.1) is 0 Å². The van der Waals surface area contributed by atoms with Crippen LogP contribution in [-0.4, -0.2) is 5.91 Å². The number of anilines is 1. The molecule has 2 rings (SSSR count). The quantitative estimate of drug-likeness (QED) is 0.349. The van der Waals surface area contributed by atoms with Gasteiger partial charge in [0.25, 0.3) is 0 Å². The van der Waals surface area contributed by atoms with E-state index in [2.05, 4.69) is 38.2 Å². The Balaban J connectivity index is 1.99. The van der Waals surface area contributed by atoms with Gasteiger partial charge in [-0.1, -0.05) is 61.4 Å². The number of hydrogen-bond acceptors (Lipinski definition) is 1. The van der Waals surface area contributed by atoms with E-state index in [-0.39, 0.29) is 11.1 Å². The molecule has 0 unspecified atom stereocenters. The SMILES string of the molecule is CC1=C(/C=C/C(C)=C/C=C/C(C)=C/C(=O)Nc2cccc(C(F)(F)F)c2)C(C)(C)CCC1. The lowest BCUT2D eigenvalue weighted by atomic mass is 9.72. The molecule has 172 valence electrons. The summed E-state index contributed by atoms with van der Waals surface area (Å²) in [5, 5.41) is 2.47. The smallest absolute Gasteiger partial charge is 0.322 e. The van der Waals surface area contributed by atoms with Gasteiger partial charge in [-0.25, -0.2) is 0 Å². The van der Waals surface area contributed by atoms with E-state index in [1.165, 1.54) is 42.2 Å². The highest BCUT2D eigenvalue weighted by atomic mass is 19.4. The molecule has 5 heteroatoms. The first-order valence-electron chi connectivity index (χ1n) is 10.8. The van der Waals surface area contributed by atoms with Crippen molar-refractivity contribution in [2.75, 3.05) is 5.32 Å². The molecule has 1 aromatic rings. The molecular formula is C27H32F3NO. The molecular weight excluding hydrogens is 411 g/mol. The van der Waals surface area contributed by atoms with Gasteiger partial charge in [-0.2, -0.15) is 13.2 Å². The van der Waals surface area contributed by atoms with Crippen molar-refractivity contribution >= 4 is 11.6 Å². The Bertz CT molecular complexity index is 988. The number of benzene rings is 1. The van der Waals surface area contributed by atoms with Gasteiger partial charge in [0.15, 0.2) is 0 Å². The summed E-state index contributed by atoms with van der Waals surface area (Å²) in [5.74, 6) is -0.478. The third-order valence-corrected chi connectivity index (χ3v) is 5.59. The van der Waals surface area contributed by atoms with Crippen molar-refractivity contribution in [1.82, 2.24) is 0 Å². The molecule has 1 N–H and O–H groups in total. The standard InChI is InChI=1S/C27H32F3NO/c1-19(14-15-24-21(3)11-8-16-26(24,4)5)9-6-10-20(2)17-25(32)31-23-13-7-12-22(18-23)27(28,29)30/h6-7,9-10,12-15,17-18H,8,11,16H2,1-5H3,(H,31,32)/b10-6+,15-14+,19-9+,20-17+. The second-order valence-electron chi connectivity index (χ2n) is 8.99. The summed E-state index contributed by atoms with van der Waals surface area (Å²) in [7, 11) is 0. The number of alkyl halides is 3. The highest BCUT2D eigenvalue weighted by molar-refractivity contribution is 6.00. The first kappa shape index (κ1) is 25.4. The second-order valence-corrected chi connectivity index (χ2v) is 8.99. The third-order valence-electron chi connectivity index (χ3n) is 5.59. The Morgan fingerprint density at radius 2 is 1.84 bits per heavy atom. The monoisotopic (exact) mass is 443 g/mol. The van der Waals surface area contributed by atoms with Crippen LogP contribution in [0.5, 0.6) is 0 Å². The molecule has 0 bridgehead atoms. The number of hydrogen-bond donors (Lipinski definition) is 1. The zero-order valence-corrected chi connectivity index (χ0v) is 19.4. The van der Waals surface area contributed by atoms with E-state index in [0.29, 0.717) is 5.57 Å². The molecule has 0 saturated carbocycles. The average molecular weight is 444 g/mol. The van der Waals surface area contributed by atoms with Gasteiger partial charge >= 0.3 is 6.18 Å². The van der Waals surface area contributed by atoms with E-state index >= 15 is 0 Å². The van der Waals surface area contributed by atoms with Gasteiger partial charge in [0.2, 0.25) is 5.91 Å². The number of rotatable bonds is 6. The van der Waals surface area contributed by atoms with Crippen molar-refractivity contribution in [2.45, 2.75) is 60.1 Å². The molecule has 32 heavy (non-hydrogen) atoms. The van der Waals surface area contributed by atoms with Crippen LogP contribution in [-0.2, 0) is 11.0 Å². The molecule has 0 saturated heterocycles. The van der Waals surface area contributed by atoms with Gasteiger partial charge in [0.05, 0.1) is 5.56 Å². The van der Waals surface area contributed by atoms with Gasteiger partial charge in [0, 0.05) is 11.8 Å². The summed E-state index contributed by atoms with van der Waals surface area (Å²) in [4.78, 5) is 12.1. The Morgan fingerprint density at radius 1 is 1.12 bits per heavy atom. The maximum atomic E-state index is 12.8. The lowest BCUT2D eigenvalue weighted by Gasteiger charge is -2.32. The van der Waals surface area contributed by atoms with Crippen molar-refractivity contribution in [1.29, 1.82) is 0 Å². The Hall–Kier alpha value is -2.82. The molecule has 0 spiro atoms. The lowest BCUT2D eigenvalue weighted by molar-refractivity contribution is -0.137. The van der Waals surface area contributed by atoms with Crippen LogP contribution in [0.4, 0.5) is 18.9 Å². The minimum atomic E-state index is -4.45. The number of nitrogens with one attached hydrogen (secondary N) is 1. The number of amides is 1. The van der Waals surface area contributed by atoms with E-state index in [4.69, 9.17) is 0 Å². The van der Waals surface area contributed by atoms with Gasteiger partial charge < -0.3 is 5.32 Å². The molecule has 1 amide bonds. The Morgan fingerprint density at radius 3 is 2.50 bits per heavy atom. The molecule has 0 heterocycles. The number of allylic oxidation sites excluding steroid dienone is 9. The fourth-order valence-electron chi connectivity index (χ4n) is 3.84. The van der Waals surface area contributed by atoms with Gasteiger partial charge in [-0.05, 0) is 74.8 Å². The second kappa shape index (κ2) is 10.7. The molecule has 0 atom stereocenters. The maximum Gasteiger partial charge on any atom is 0.416 e. The number of halogens is 3. The average Bonchev–Trinajstić information content (AvgIpc) is 2.66. The number of carbonyl (C=O) groups is 1. The van der Waals surface area contributed by atoms with Crippen molar-refractivity contribution in [2.24, 2.45) is 5.41 Å². The molecule has 0 radical (unpaired) electrons. The van der Waals surface area contributed by atoms with Crippen molar-refractivity contribution < 1.29 is 18.0 Å². The molecule has 0 aliphatic heterocycles. The minimum Gasteiger partial charge on any atom is -0.322 e. The highest BCUT2D eigenvalue weighted by Gasteiger charge is 2.30. The third kappa shape index (κ3) is 7.70. The van der Waals surface area contributed by atoms with Crippen molar-refractivity contribution in [3.8, 4) is 0 Å². The predicted molar refractivity (Wildman–Crippen MR) is 126 cm³/mol. The Kier molecular flexibility index (Phi) is 8.48. The maximum absolute atomic E-state index is 12.8. The summed E-state index contributed by atoms with van der Waals surface area (Å²) in [6.07, 6.45) is 10.4. The molecule has 0 fully saturated rings. The topological polar surface area (TPSA) is 29.1 Å². The van der Waals surface area contributed by atoms with Crippen LogP contribution in [0.25, 0.3) is 0 Å². The van der Waals surface area contributed by atoms with Crippen LogP contribution in [0.1, 0.15) is 59.4 Å². The van der Waals surface area contributed by atoms with Crippen LogP contribution in [0.15, 0.2) is 83.0 Å². The zero-order chi connectivity index (χ0) is 23.9. The molecule has 2 nitrogen and oxygen atoms in total. The summed E-state index contributed by atoms with van der Waals surface area (Å²) >= 11 is 0. The fraction of sp³-hybridized carbons (Fsp3) is 0.370. The minimum absolute atomic E-state index is 0.106. The van der Waals surface area contributed by atoms with E-state index in [1.807, 2.05) is 19.1 Å².